The van der Waals surface area contributed by atoms with E-state index in [1.54, 1.807) is 0 Å². The van der Waals surface area contributed by atoms with Crippen molar-refractivity contribution < 1.29 is 9.59 Å². The maximum atomic E-state index is 12.3. The normalized spacial score (nSPS) is 20.3. The molecular weight excluding hydrogens is 344 g/mol. The Kier molecular flexibility index (Phi) is 3.90. The summed E-state index contributed by atoms with van der Waals surface area (Å²) >= 11 is 3.46. The van der Waals surface area contributed by atoms with E-state index in [1.165, 1.54) is 6.92 Å². The number of halogens is 1. The molecule has 2 amide bonds. The molecule has 22 heavy (non-hydrogen) atoms. The molecule has 1 aromatic rings. The van der Waals surface area contributed by atoms with Crippen molar-refractivity contribution in [3.8, 4) is 0 Å². The van der Waals surface area contributed by atoms with Crippen molar-refractivity contribution >= 4 is 39.0 Å². The highest BCUT2D eigenvalue weighted by atomic mass is 79.9. The highest BCUT2D eigenvalue weighted by Crippen LogP contribution is 2.36. The first-order valence-corrected chi connectivity index (χ1v) is 7.61. The van der Waals surface area contributed by atoms with E-state index < -0.39 is 5.91 Å². The third-order valence-corrected chi connectivity index (χ3v) is 4.00. The van der Waals surface area contributed by atoms with Crippen LogP contribution in [0.3, 0.4) is 0 Å². The lowest BCUT2D eigenvalue weighted by Gasteiger charge is -2.27. The zero-order chi connectivity index (χ0) is 15.7. The predicted octanol–water partition coefficient (Wildman–Crippen LogP) is 2.98. The lowest BCUT2D eigenvalue weighted by Crippen LogP contribution is -2.33. The first kappa shape index (κ1) is 14.7. The van der Waals surface area contributed by atoms with Crippen molar-refractivity contribution in [2.24, 2.45) is 10.9 Å². The van der Waals surface area contributed by atoms with Gasteiger partial charge in [-0.3, -0.25) is 9.59 Å². The number of carbonyl (C=O) groups is 2. The van der Waals surface area contributed by atoms with Crippen LogP contribution in [0.5, 0.6) is 0 Å². The summed E-state index contributed by atoms with van der Waals surface area (Å²) in [6, 6.07) is 9.57. The van der Waals surface area contributed by atoms with Crippen molar-refractivity contribution in [1.82, 2.24) is 5.32 Å². The van der Waals surface area contributed by atoms with Gasteiger partial charge in [-0.1, -0.05) is 52.3 Å². The summed E-state index contributed by atoms with van der Waals surface area (Å²) in [5.74, 6) is -0.873. The van der Waals surface area contributed by atoms with E-state index in [0.717, 1.165) is 15.6 Å². The van der Waals surface area contributed by atoms with Crippen molar-refractivity contribution in [2.45, 2.75) is 6.92 Å². The average Bonchev–Trinajstić information content (AvgIpc) is 2.49. The van der Waals surface area contributed by atoms with Crippen LogP contribution in [0.4, 0.5) is 0 Å². The van der Waals surface area contributed by atoms with Gasteiger partial charge in [0.2, 0.25) is 5.91 Å². The molecule has 3 rings (SSSR count). The van der Waals surface area contributed by atoms with Gasteiger partial charge < -0.3 is 5.32 Å². The third-order valence-electron chi connectivity index (χ3n) is 3.47. The molecule has 1 aliphatic carbocycles. The first-order valence-electron chi connectivity index (χ1n) is 6.82. The zero-order valence-corrected chi connectivity index (χ0v) is 13.4. The number of amides is 2. The molecule has 1 aromatic carbocycles. The Morgan fingerprint density at radius 1 is 1.23 bits per heavy atom. The number of allylic oxidation sites excluding steroid dienone is 5. The molecule has 0 aromatic heterocycles. The molecular formula is C17H13BrN2O2. The monoisotopic (exact) mass is 356 g/mol. The molecule has 0 saturated carbocycles. The van der Waals surface area contributed by atoms with Crippen molar-refractivity contribution in [3.05, 3.63) is 64.3 Å². The van der Waals surface area contributed by atoms with Crippen LogP contribution in [0.2, 0.25) is 0 Å². The van der Waals surface area contributed by atoms with Gasteiger partial charge in [-0.15, -0.1) is 0 Å². The second-order valence-electron chi connectivity index (χ2n) is 5.04. The SMILES string of the molecule is CC(=O)NC1=C(c2ccccc2)C2C=C(Br)C=CC2=NC1=O. The Morgan fingerprint density at radius 3 is 2.64 bits per heavy atom. The quantitative estimate of drug-likeness (QED) is 0.885. The molecule has 1 unspecified atom stereocenters. The summed E-state index contributed by atoms with van der Waals surface area (Å²) in [5, 5.41) is 2.64. The fourth-order valence-corrected chi connectivity index (χ4v) is 2.99. The maximum Gasteiger partial charge on any atom is 0.294 e. The number of hydrogen-bond donors (Lipinski definition) is 1. The number of dihydropyridines is 1. The molecule has 0 bridgehead atoms. The summed E-state index contributed by atoms with van der Waals surface area (Å²) in [6.07, 6.45) is 5.66. The Morgan fingerprint density at radius 2 is 1.95 bits per heavy atom. The van der Waals surface area contributed by atoms with Gasteiger partial charge in [-0.05, 0) is 17.7 Å². The van der Waals surface area contributed by atoms with Crippen LogP contribution in [0.25, 0.3) is 5.57 Å². The molecule has 110 valence electrons. The van der Waals surface area contributed by atoms with Gasteiger partial charge >= 0.3 is 0 Å². The van der Waals surface area contributed by atoms with Gasteiger partial charge in [-0.25, -0.2) is 4.99 Å². The van der Waals surface area contributed by atoms with E-state index in [2.05, 4.69) is 26.2 Å². The van der Waals surface area contributed by atoms with E-state index in [1.807, 2.05) is 48.6 Å². The molecule has 0 radical (unpaired) electrons. The molecule has 1 aliphatic heterocycles. The van der Waals surface area contributed by atoms with Crippen LogP contribution in [0.1, 0.15) is 12.5 Å². The molecule has 1 N–H and O–H groups in total. The minimum absolute atomic E-state index is 0.165. The van der Waals surface area contributed by atoms with Crippen LogP contribution >= 0.6 is 15.9 Å². The van der Waals surface area contributed by atoms with Crippen LogP contribution in [0.15, 0.2) is 63.7 Å². The minimum atomic E-state index is -0.420. The Hall–Kier alpha value is -2.27. The standard InChI is InChI=1S/C17H13BrN2O2/c1-10(21)19-16-15(11-5-3-2-4-6-11)13-9-12(18)7-8-14(13)20-17(16)22/h2-9,13H,1H3,(H,19,21). The summed E-state index contributed by atoms with van der Waals surface area (Å²) in [7, 11) is 0. The summed E-state index contributed by atoms with van der Waals surface area (Å²) in [6.45, 7) is 1.38. The van der Waals surface area contributed by atoms with Crippen molar-refractivity contribution in [3.63, 3.8) is 0 Å². The first-order chi connectivity index (χ1) is 10.6. The molecule has 0 saturated heterocycles. The lowest BCUT2D eigenvalue weighted by molar-refractivity contribution is -0.121. The molecule has 0 fully saturated rings. The van der Waals surface area contributed by atoms with Crippen molar-refractivity contribution in [2.75, 3.05) is 0 Å². The topological polar surface area (TPSA) is 58.5 Å². The number of fused-ring (bicyclic) bond motifs is 1. The second-order valence-corrected chi connectivity index (χ2v) is 5.96. The maximum absolute atomic E-state index is 12.3. The summed E-state index contributed by atoms with van der Waals surface area (Å²) in [5.41, 5.74) is 2.59. The predicted molar refractivity (Wildman–Crippen MR) is 89.3 cm³/mol. The Bertz CT molecular complexity index is 773. The molecule has 1 heterocycles. The van der Waals surface area contributed by atoms with E-state index in [-0.39, 0.29) is 17.5 Å². The number of aliphatic imine (C=N–C) groups is 1. The zero-order valence-electron chi connectivity index (χ0n) is 11.8. The number of benzene rings is 1. The highest BCUT2D eigenvalue weighted by molar-refractivity contribution is 9.11. The van der Waals surface area contributed by atoms with Gasteiger partial charge in [0.25, 0.3) is 5.91 Å². The number of nitrogens with one attached hydrogen (secondary N) is 1. The highest BCUT2D eigenvalue weighted by Gasteiger charge is 2.32. The largest absolute Gasteiger partial charge is 0.321 e. The van der Waals surface area contributed by atoms with E-state index >= 15 is 0 Å². The molecule has 5 heteroatoms. The number of rotatable bonds is 2. The van der Waals surface area contributed by atoms with Crippen LogP contribution < -0.4 is 5.32 Å². The van der Waals surface area contributed by atoms with E-state index in [4.69, 9.17) is 0 Å². The fraction of sp³-hybridized carbons (Fsp3) is 0.118. The van der Waals surface area contributed by atoms with Gasteiger partial charge in [0, 0.05) is 22.9 Å². The second kappa shape index (κ2) is 5.85. The van der Waals surface area contributed by atoms with Gasteiger partial charge in [-0.2, -0.15) is 0 Å². The number of carbonyl (C=O) groups excluding carboxylic acids is 2. The summed E-state index contributed by atoms with van der Waals surface area (Å²) < 4.78 is 0.918. The number of nitrogens with zero attached hydrogens (tertiary/aromatic N) is 1. The van der Waals surface area contributed by atoms with Crippen molar-refractivity contribution in [1.29, 1.82) is 0 Å². The van der Waals surface area contributed by atoms with Crippen LogP contribution in [0, 0.1) is 5.92 Å². The molecule has 2 aliphatic rings. The van der Waals surface area contributed by atoms with Crippen LogP contribution in [-0.4, -0.2) is 17.5 Å². The van der Waals surface area contributed by atoms with Crippen LogP contribution in [-0.2, 0) is 9.59 Å². The third kappa shape index (κ3) is 2.72. The minimum Gasteiger partial charge on any atom is -0.321 e. The molecule has 0 spiro atoms. The smallest absolute Gasteiger partial charge is 0.294 e. The fourth-order valence-electron chi connectivity index (χ4n) is 2.59. The lowest BCUT2D eigenvalue weighted by atomic mass is 9.83. The summed E-state index contributed by atoms with van der Waals surface area (Å²) in [4.78, 5) is 27.9. The van der Waals surface area contributed by atoms with Gasteiger partial charge in [0.15, 0.2) is 0 Å². The van der Waals surface area contributed by atoms with Gasteiger partial charge in [0.05, 0.1) is 5.71 Å². The van der Waals surface area contributed by atoms with E-state index in [0.29, 0.717) is 5.71 Å². The van der Waals surface area contributed by atoms with Gasteiger partial charge in [0.1, 0.15) is 5.70 Å². The number of hydrogen-bond acceptors (Lipinski definition) is 2. The average molecular weight is 357 g/mol. The Balaban J connectivity index is 2.20. The molecule has 4 nitrogen and oxygen atoms in total. The molecule has 1 atom stereocenters. The van der Waals surface area contributed by atoms with E-state index in [9.17, 15) is 9.59 Å². The Labute approximate surface area is 136 Å².